The minimum atomic E-state index is 0.0846. The Morgan fingerprint density at radius 1 is 1.14 bits per heavy atom. The van der Waals surface area contributed by atoms with Crippen LogP contribution in [-0.2, 0) is 11.2 Å². The largest absolute Gasteiger partial charge is 0.371 e. The predicted octanol–water partition coefficient (Wildman–Crippen LogP) is 3.88. The zero-order valence-electron chi connectivity index (χ0n) is 13.0. The summed E-state index contributed by atoms with van der Waals surface area (Å²) >= 11 is 0. The zero-order chi connectivity index (χ0) is 14.8. The standard InChI is InChI=1S/C19H23NO/c1-13-8-9-16(14(2)12-13)18(20-3)19-17-7-5-4-6-15(17)10-11-21-19/h4-9,12,18-20H,10-11H2,1-3H3. The van der Waals surface area contributed by atoms with Gasteiger partial charge in [0.15, 0.2) is 0 Å². The monoisotopic (exact) mass is 281 g/mol. The van der Waals surface area contributed by atoms with Gasteiger partial charge in [-0.1, -0.05) is 48.0 Å². The summed E-state index contributed by atoms with van der Waals surface area (Å²) in [4.78, 5) is 0. The van der Waals surface area contributed by atoms with E-state index in [1.54, 1.807) is 0 Å². The number of fused-ring (bicyclic) bond motifs is 1. The highest BCUT2D eigenvalue weighted by Crippen LogP contribution is 2.37. The molecular weight excluding hydrogens is 258 g/mol. The lowest BCUT2D eigenvalue weighted by atomic mass is 9.88. The zero-order valence-corrected chi connectivity index (χ0v) is 13.0. The van der Waals surface area contributed by atoms with Gasteiger partial charge in [-0.25, -0.2) is 0 Å². The fourth-order valence-corrected chi connectivity index (χ4v) is 3.35. The maximum absolute atomic E-state index is 6.13. The fourth-order valence-electron chi connectivity index (χ4n) is 3.35. The van der Waals surface area contributed by atoms with Crippen molar-refractivity contribution in [2.75, 3.05) is 13.7 Å². The lowest BCUT2D eigenvalue weighted by molar-refractivity contribution is 0.0164. The minimum absolute atomic E-state index is 0.0846. The molecule has 1 aliphatic rings. The van der Waals surface area contributed by atoms with Gasteiger partial charge in [0.2, 0.25) is 0 Å². The maximum atomic E-state index is 6.13. The summed E-state index contributed by atoms with van der Waals surface area (Å²) in [6, 6.07) is 15.5. The van der Waals surface area contributed by atoms with Gasteiger partial charge in [-0.05, 0) is 49.6 Å². The molecule has 110 valence electrons. The molecular formula is C19H23NO. The molecule has 2 nitrogen and oxygen atoms in total. The fraction of sp³-hybridized carbons (Fsp3) is 0.368. The summed E-state index contributed by atoms with van der Waals surface area (Å²) in [5.74, 6) is 0. The third kappa shape index (κ3) is 2.74. The van der Waals surface area contributed by atoms with Gasteiger partial charge >= 0.3 is 0 Å². The number of hydrogen-bond acceptors (Lipinski definition) is 2. The Hall–Kier alpha value is -1.64. The van der Waals surface area contributed by atoms with Crippen LogP contribution >= 0.6 is 0 Å². The number of benzene rings is 2. The molecule has 2 aromatic rings. The van der Waals surface area contributed by atoms with Crippen LogP contribution in [-0.4, -0.2) is 13.7 Å². The minimum Gasteiger partial charge on any atom is -0.371 e. The topological polar surface area (TPSA) is 21.3 Å². The van der Waals surface area contributed by atoms with E-state index in [0.717, 1.165) is 13.0 Å². The van der Waals surface area contributed by atoms with Gasteiger partial charge in [0.1, 0.15) is 6.10 Å². The van der Waals surface area contributed by atoms with Gasteiger partial charge in [0.25, 0.3) is 0 Å². The van der Waals surface area contributed by atoms with E-state index in [0.29, 0.717) is 0 Å². The highest BCUT2D eigenvalue weighted by Gasteiger charge is 2.29. The van der Waals surface area contributed by atoms with E-state index in [2.05, 4.69) is 61.6 Å². The summed E-state index contributed by atoms with van der Waals surface area (Å²) in [6.07, 6.45) is 1.09. The van der Waals surface area contributed by atoms with Crippen LogP contribution in [0, 0.1) is 13.8 Å². The lowest BCUT2D eigenvalue weighted by Crippen LogP contribution is -2.30. The molecule has 0 saturated carbocycles. The average Bonchev–Trinajstić information content (AvgIpc) is 2.50. The van der Waals surface area contributed by atoms with Crippen molar-refractivity contribution in [1.29, 1.82) is 0 Å². The van der Waals surface area contributed by atoms with Crippen molar-refractivity contribution in [3.8, 4) is 0 Å². The Labute approximate surface area is 127 Å². The van der Waals surface area contributed by atoms with Crippen LogP contribution in [0.5, 0.6) is 0 Å². The lowest BCUT2D eigenvalue weighted by Gasteiger charge is -2.33. The Bertz CT molecular complexity index is 635. The van der Waals surface area contributed by atoms with Crippen LogP contribution in [0.2, 0.25) is 0 Å². The molecule has 0 amide bonds. The normalized spacial score (nSPS) is 19.1. The van der Waals surface area contributed by atoms with Gasteiger partial charge in [0, 0.05) is 0 Å². The smallest absolute Gasteiger partial charge is 0.102 e. The first-order valence-corrected chi connectivity index (χ1v) is 7.64. The predicted molar refractivity (Wildman–Crippen MR) is 86.6 cm³/mol. The van der Waals surface area contributed by atoms with Crippen LogP contribution < -0.4 is 5.32 Å². The van der Waals surface area contributed by atoms with Crippen molar-refractivity contribution < 1.29 is 4.74 Å². The summed E-state index contributed by atoms with van der Waals surface area (Å²) in [5, 5.41) is 3.46. The first kappa shape index (κ1) is 14.3. The number of aryl methyl sites for hydroxylation is 2. The van der Waals surface area contributed by atoms with Crippen LogP contribution in [0.4, 0.5) is 0 Å². The summed E-state index contributed by atoms with van der Waals surface area (Å²) in [6.45, 7) is 5.11. The molecule has 2 heteroatoms. The highest BCUT2D eigenvalue weighted by atomic mass is 16.5. The van der Waals surface area contributed by atoms with Crippen LogP contribution in [0.3, 0.4) is 0 Å². The second kappa shape index (κ2) is 6.00. The van der Waals surface area contributed by atoms with Crippen molar-refractivity contribution in [2.45, 2.75) is 32.4 Å². The van der Waals surface area contributed by atoms with E-state index in [1.165, 1.54) is 27.8 Å². The summed E-state index contributed by atoms with van der Waals surface area (Å²) in [7, 11) is 2.02. The first-order chi connectivity index (χ1) is 10.2. The van der Waals surface area contributed by atoms with Crippen molar-refractivity contribution in [2.24, 2.45) is 0 Å². The number of nitrogens with one attached hydrogen (secondary N) is 1. The molecule has 0 aliphatic carbocycles. The van der Waals surface area contributed by atoms with Crippen molar-refractivity contribution in [3.05, 3.63) is 70.3 Å². The molecule has 0 saturated heterocycles. The SMILES string of the molecule is CNC(c1ccc(C)cc1C)C1OCCc2ccccc21. The summed E-state index contributed by atoms with van der Waals surface area (Å²) in [5.41, 5.74) is 6.68. The second-order valence-corrected chi connectivity index (χ2v) is 5.87. The molecule has 0 radical (unpaired) electrons. The van der Waals surface area contributed by atoms with Gasteiger partial charge in [-0.3, -0.25) is 0 Å². The number of hydrogen-bond donors (Lipinski definition) is 1. The Balaban J connectivity index is 2.01. The van der Waals surface area contributed by atoms with Crippen LogP contribution in [0.15, 0.2) is 42.5 Å². The Morgan fingerprint density at radius 2 is 1.95 bits per heavy atom. The second-order valence-electron chi connectivity index (χ2n) is 5.87. The number of ether oxygens (including phenoxy) is 1. The third-order valence-corrected chi connectivity index (χ3v) is 4.40. The molecule has 0 fully saturated rings. The molecule has 1 heterocycles. The van der Waals surface area contributed by atoms with Crippen LogP contribution in [0.25, 0.3) is 0 Å². The molecule has 1 N–H and O–H groups in total. The molecule has 2 aromatic carbocycles. The van der Waals surface area contributed by atoms with Gasteiger partial charge in [-0.2, -0.15) is 0 Å². The Kier molecular flexibility index (Phi) is 4.09. The van der Waals surface area contributed by atoms with E-state index in [-0.39, 0.29) is 12.1 Å². The van der Waals surface area contributed by atoms with Gasteiger partial charge in [-0.15, -0.1) is 0 Å². The van der Waals surface area contributed by atoms with Crippen molar-refractivity contribution in [1.82, 2.24) is 5.32 Å². The van der Waals surface area contributed by atoms with Crippen molar-refractivity contribution in [3.63, 3.8) is 0 Å². The van der Waals surface area contributed by atoms with E-state index in [9.17, 15) is 0 Å². The molecule has 0 bridgehead atoms. The van der Waals surface area contributed by atoms with Gasteiger partial charge in [0.05, 0.1) is 12.6 Å². The van der Waals surface area contributed by atoms with E-state index < -0.39 is 0 Å². The Morgan fingerprint density at radius 3 is 2.71 bits per heavy atom. The van der Waals surface area contributed by atoms with Gasteiger partial charge < -0.3 is 10.1 Å². The highest BCUT2D eigenvalue weighted by molar-refractivity contribution is 5.38. The first-order valence-electron chi connectivity index (χ1n) is 7.64. The quantitative estimate of drug-likeness (QED) is 0.922. The molecule has 21 heavy (non-hydrogen) atoms. The van der Waals surface area contributed by atoms with E-state index in [1.807, 2.05) is 7.05 Å². The third-order valence-electron chi connectivity index (χ3n) is 4.40. The average molecular weight is 281 g/mol. The number of likely N-dealkylation sites (N-methyl/N-ethyl adjacent to an activating group) is 1. The maximum Gasteiger partial charge on any atom is 0.102 e. The van der Waals surface area contributed by atoms with Crippen molar-refractivity contribution >= 4 is 0 Å². The van der Waals surface area contributed by atoms with Crippen LogP contribution in [0.1, 0.15) is 40.0 Å². The molecule has 3 rings (SSSR count). The summed E-state index contributed by atoms with van der Waals surface area (Å²) < 4.78 is 6.13. The van der Waals surface area contributed by atoms with E-state index >= 15 is 0 Å². The molecule has 1 aliphatic heterocycles. The van der Waals surface area contributed by atoms with E-state index in [4.69, 9.17) is 4.74 Å². The molecule has 0 spiro atoms. The molecule has 2 unspecified atom stereocenters. The molecule has 2 atom stereocenters. The number of rotatable bonds is 3. The molecule has 0 aromatic heterocycles.